The second kappa shape index (κ2) is 9.36. The Morgan fingerprint density at radius 1 is 1.17 bits per heavy atom. The zero-order valence-electron chi connectivity index (χ0n) is 17.7. The summed E-state index contributed by atoms with van der Waals surface area (Å²) in [6.07, 6.45) is 0.387. The van der Waals surface area contributed by atoms with Gasteiger partial charge in [-0.15, -0.1) is 12.4 Å². The van der Waals surface area contributed by atoms with E-state index in [4.69, 9.17) is 0 Å². The number of carboxylic acid groups (broad SMARTS) is 1. The van der Waals surface area contributed by atoms with Crippen molar-refractivity contribution >= 4 is 29.3 Å². The van der Waals surface area contributed by atoms with Crippen LogP contribution in [0, 0.1) is 0 Å². The lowest BCUT2D eigenvalue weighted by atomic mass is 9.99. The Morgan fingerprint density at radius 3 is 2.40 bits per heavy atom. The first-order valence-corrected chi connectivity index (χ1v) is 9.84. The fourth-order valence-electron chi connectivity index (χ4n) is 3.81. The summed E-state index contributed by atoms with van der Waals surface area (Å²) in [5.74, 6) is -1.90. The number of H-pyrrole nitrogens is 1. The van der Waals surface area contributed by atoms with Crippen LogP contribution in [0.15, 0.2) is 29.1 Å². The smallest absolute Gasteiger partial charge is 0.345 e. The Labute approximate surface area is 181 Å². The highest BCUT2D eigenvalue weighted by molar-refractivity contribution is 5.92. The molecule has 1 aromatic carbocycles. The highest BCUT2D eigenvalue weighted by Gasteiger charge is 2.22. The quantitative estimate of drug-likeness (QED) is 0.527. The zero-order valence-corrected chi connectivity index (χ0v) is 18.5. The number of nitrogens with one attached hydrogen (secondary N) is 1. The summed E-state index contributed by atoms with van der Waals surface area (Å²) in [6, 6.07) is 7.96. The number of aromatic amines is 1. The van der Waals surface area contributed by atoms with Crippen LogP contribution >= 0.6 is 12.4 Å². The lowest BCUT2D eigenvalue weighted by molar-refractivity contribution is 0.0691. The molecule has 0 unspecified atom stereocenters. The average molecular weight is 434 g/mol. The van der Waals surface area contributed by atoms with Crippen molar-refractivity contribution in [2.75, 3.05) is 13.1 Å². The maximum absolute atomic E-state index is 12.2. The van der Waals surface area contributed by atoms with Gasteiger partial charge in [0.2, 0.25) is 0 Å². The predicted molar refractivity (Wildman–Crippen MR) is 121 cm³/mol. The predicted octanol–water partition coefficient (Wildman–Crippen LogP) is 3.76. The van der Waals surface area contributed by atoms with Crippen molar-refractivity contribution in [3.63, 3.8) is 0 Å². The molecule has 3 N–H and O–H groups in total. The summed E-state index contributed by atoms with van der Waals surface area (Å²) in [7, 11) is 2.04. The van der Waals surface area contributed by atoms with E-state index in [0.29, 0.717) is 17.7 Å². The monoisotopic (exact) mass is 433 g/mol. The van der Waals surface area contributed by atoms with E-state index in [2.05, 4.69) is 34.4 Å². The molecule has 3 rings (SSSR count). The van der Waals surface area contributed by atoms with Crippen molar-refractivity contribution in [2.24, 2.45) is 7.05 Å². The van der Waals surface area contributed by atoms with Gasteiger partial charge in [-0.3, -0.25) is 9.69 Å². The number of aromatic nitrogens is 2. The SMILES string of the molecule is CCc1c(-c2ccc3c(c2)cc(CN(CC)CC)n3C)[nH]c(=O)c(C(=O)O)c1O.Cl. The maximum atomic E-state index is 12.2. The van der Waals surface area contributed by atoms with E-state index in [1.165, 1.54) is 5.69 Å². The summed E-state index contributed by atoms with van der Waals surface area (Å²) >= 11 is 0. The van der Waals surface area contributed by atoms with Crippen LogP contribution in [0.3, 0.4) is 0 Å². The molecule has 0 saturated heterocycles. The fraction of sp³-hybridized carbons (Fsp3) is 0.364. The summed E-state index contributed by atoms with van der Waals surface area (Å²) in [5, 5.41) is 20.6. The van der Waals surface area contributed by atoms with E-state index in [0.717, 1.165) is 36.1 Å². The summed E-state index contributed by atoms with van der Waals surface area (Å²) in [4.78, 5) is 28.6. The van der Waals surface area contributed by atoms with Gasteiger partial charge in [0, 0.05) is 35.8 Å². The van der Waals surface area contributed by atoms with E-state index in [9.17, 15) is 19.8 Å². The molecule has 2 heterocycles. The number of aromatic carboxylic acids is 1. The van der Waals surface area contributed by atoms with Gasteiger partial charge in [-0.05, 0) is 43.3 Å². The van der Waals surface area contributed by atoms with Gasteiger partial charge >= 0.3 is 5.97 Å². The molecule has 0 aliphatic carbocycles. The van der Waals surface area contributed by atoms with E-state index >= 15 is 0 Å². The van der Waals surface area contributed by atoms with Crippen molar-refractivity contribution < 1.29 is 15.0 Å². The number of carbonyl (C=O) groups is 1. The molecule has 2 aromatic heterocycles. The minimum atomic E-state index is -1.44. The minimum Gasteiger partial charge on any atom is -0.506 e. The molecule has 0 aliphatic heterocycles. The Morgan fingerprint density at radius 2 is 1.83 bits per heavy atom. The van der Waals surface area contributed by atoms with Crippen LogP contribution in [-0.2, 0) is 20.0 Å². The molecule has 0 aliphatic rings. The van der Waals surface area contributed by atoms with Crippen molar-refractivity contribution in [1.29, 1.82) is 0 Å². The number of carboxylic acids is 1. The third kappa shape index (κ3) is 4.08. The van der Waals surface area contributed by atoms with Gasteiger partial charge in [0.1, 0.15) is 5.75 Å². The molecule has 0 fully saturated rings. The lowest BCUT2D eigenvalue weighted by Crippen LogP contribution is -2.23. The van der Waals surface area contributed by atoms with Crippen LogP contribution in [-0.4, -0.2) is 43.7 Å². The molecular formula is C22H28ClN3O4. The van der Waals surface area contributed by atoms with Gasteiger partial charge in [0.05, 0.1) is 5.69 Å². The molecule has 7 nitrogen and oxygen atoms in total. The third-order valence-corrected chi connectivity index (χ3v) is 5.57. The molecule has 0 bridgehead atoms. The fourth-order valence-corrected chi connectivity index (χ4v) is 3.81. The molecule has 8 heteroatoms. The third-order valence-electron chi connectivity index (χ3n) is 5.57. The average Bonchev–Trinajstić information content (AvgIpc) is 3.00. The van der Waals surface area contributed by atoms with Crippen molar-refractivity contribution in [3.05, 3.63) is 51.4 Å². The molecule has 0 saturated carbocycles. The number of aryl methyl sites for hydroxylation is 1. The van der Waals surface area contributed by atoms with Gasteiger partial charge in [-0.1, -0.05) is 26.8 Å². The van der Waals surface area contributed by atoms with Gasteiger partial charge < -0.3 is 19.8 Å². The van der Waals surface area contributed by atoms with E-state index in [1.54, 1.807) is 0 Å². The first-order chi connectivity index (χ1) is 13.8. The van der Waals surface area contributed by atoms with E-state index < -0.39 is 22.8 Å². The highest BCUT2D eigenvalue weighted by Crippen LogP contribution is 2.32. The van der Waals surface area contributed by atoms with Crippen molar-refractivity contribution in [1.82, 2.24) is 14.5 Å². The number of hydrogen-bond donors (Lipinski definition) is 3. The number of aromatic hydroxyl groups is 1. The summed E-state index contributed by atoms with van der Waals surface area (Å²) < 4.78 is 2.16. The number of rotatable bonds is 7. The number of halogens is 1. The lowest BCUT2D eigenvalue weighted by Gasteiger charge is -2.18. The Balaban J connectivity index is 0.00000320. The molecule has 0 spiro atoms. The van der Waals surface area contributed by atoms with Gasteiger partial charge in [0.15, 0.2) is 5.56 Å². The van der Waals surface area contributed by atoms with Crippen molar-refractivity contribution in [2.45, 2.75) is 33.7 Å². The van der Waals surface area contributed by atoms with Crippen LogP contribution in [0.2, 0.25) is 0 Å². The Hall–Kier alpha value is -2.77. The van der Waals surface area contributed by atoms with Crippen LogP contribution in [0.5, 0.6) is 5.75 Å². The summed E-state index contributed by atoms with van der Waals surface area (Å²) in [6.45, 7) is 8.88. The maximum Gasteiger partial charge on any atom is 0.345 e. The Bertz CT molecular complexity index is 1130. The number of benzene rings is 1. The van der Waals surface area contributed by atoms with E-state index in [1.807, 2.05) is 32.2 Å². The van der Waals surface area contributed by atoms with Crippen LogP contribution < -0.4 is 5.56 Å². The zero-order chi connectivity index (χ0) is 21.3. The standard InChI is InChI=1S/C22H27N3O4.ClH/c1-5-16-19(23-21(27)18(20(16)26)22(28)29)13-8-9-17-14(10-13)11-15(24(17)4)12-25(6-2)7-3;/h8-11H,5-7,12H2,1-4H3,(H,28,29)(H2,23,26,27);1H. The second-order valence-electron chi connectivity index (χ2n) is 7.12. The van der Waals surface area contributed by atoms with E-state index in [-0.39, 0.29) is 12.4 Å². The number of hydrogen-bond acceptors (Lipinski definition) is 4. The largest absolute Gasteiger partial charge is 0.506 e. The highest BCUT2D eigenvalue weighted by atomic mass is 35.5. The molecule has 0 radical (unpaired) electrons. The normalized spacial score (nSPS) is 11.1. The number of pyridine rings is 1. The molecule has 0 amide bonds. The topological polar surface area (TPSA) is 98.6 Å². The molecule has 3 aromatic rings. The number of nitrogens with zero attached hydrogens (tertiary/aromatic N) is 2. The van der Waals surface area contributed by atoms with Gasteiger partial charge in [-0.2, -0.15) is 0 Å². The second-order valence-corrected chi connectivity index (χ2v) is 7.12. The first-order valence-electron chi connectivity index (χ1n) is 9.84. The van der Waals surface area contributed by atoms with Crippen molar-refractivity contribution in [3.8, 4) is 17.0 Å². The van der Waals surface area contributed by atoms with Crippen LogP contribution in [0.25, 0.3) is 22.2 Å². The van der Waals surface area contributed by atoms with Gasteiger partial charge in [0.25, 0.3) is 5.56 Å². The number of fused-ring (bicyclic) bond motifs is 1. The molecule has 162 valence electrons. The molecular weight excluding hydrogens is 406 g/mol. The van der Waals surface area contributed by atoms with Crippen LogP contribution in [0.4, 0.5) is 0 Å². The molecule has 0 atom stereocenters. The Kier molecular flexibility index (Phi) is 7.34. The molecule has 30 heavy (non-hydrogen) atoms. The van der Waals surface area contributed by atoms with Gasteiger partial charge in [-0.25, -0.2) is 4.79 Å². The van der Waals surface area contributed by atoms with Crippen LogP contribution in [0.1, 0.15) is 42.4 Å². The minimum absolute atomic E-state index is 0. The summed E-state index contributed by atoms with van der Waals surface area (Å²) in [5.41, 5.74) is 2.44. The first kappa shape index (κ1) is 23.5.